The van der Waals surface area contributed by atoms with Crippen LogP contribution < -0.4 is 5.56 Å². The van der Waals surface area contributed by atoms with E-state index in [4.69, 9.17) is 0 Å². The molecule has 0 saturated carbocycles. The van der Waals surface area contributed by atoms with Gasteiger partial charge in [0, 0.05) is 29.7 Å². The Bertz CT molecular complexity index is 996. The summed E-state index contributed by atoms with van der Waals surface area (Å²) in [6.07, 6.45) is 3.56. The average Bonchev–Trinajstić information content (AvgIpc) is 2.69. The predicted molar refractivity (Wildman–Crippen MR) is 101 cm³/mol. The maximum absolute atomic E-state index is 12.3. The SMILES string of the molecule is O=c1ccccn1-c1cc(-c2ccccc2)cc(-c2ccccn2)c1. The fourth-order valence-electron chi connectivity index (χ4n) is 2.87. The number of rotatable bonds is 3. The molecule has 0 atom stereocenters. The van der Waals surface area contributed by atoms with Gasteiger partial charge in [0.2, 0.25) is 0 Å². The maximum Gasteiger partial charge on any atom is 0.255 e. The molecule has 0 fully saturated rings. The molecule has 3 heteroatoms. The zero-order valence-electron chi connectivity index (χ0n) is 13.5. The van der Waals surface area contributed by atoms with E-state index in [2.05, 4.69) is 23.2 Å². The highest BCUT2D eigenvalue weighted by Crippen LogP contribution is 2.28. The molecule has 3 nitrogen and oxygen atoms in total. The van der Waals surface area contributed by atoms with Gasteiger partial charge >= 0.3 is 0 Å². The summed E-state index contributed by atoms with van der Waals surface area (Å²) in [5.74, 6) is 0. The Balaban J connectivity index is 1.96. The van der Waals surface area contributed by atoms with Crippen LogP contribution in [0.15, 0.2) is 102 Å². The molecule has 0 radical (unpaired) electrons. The molecule has 0 aliphatic rings. The lowest BCUT2D eigenvalue weighted by Crippen LogP contribution is -2.15. The van der Waals surface area contributed by atoms with Gasteiger partial charge in [-0.3, -0.25) is 14.3 Å². The Morgan fingerprint density at radius 3 is 2.20 bits per heavy atom. The molecule has 0 spiro atoms. The largest absolute Gasteiger partial charge is 0.284 e. The summed E-state index contributed by atoms with van der Waals surface area (Å²) < 4.78 is 1.65. The van der Waals surface area contributed by atoms with Crippen LogP contribution in [0.1, 0.15) is 0 Å². The van der Waals surface area contributed by atoms with Crippen LogP contribution in [-0.4, -0.2) is 9.55 Å². The standard InChI is InChI=1S/C22H16N2O/c25-22-11-5-7-13-24(22)20-15-18(17-8-2-1-3-9-17)14-19(16-20)21-10-4-6-12-23-21/h1-16H. The summed E-state index contributed by atoms with van der Waals surface area (Å²) in [7, 11) is 0. The van der Waals surface area contributed by atoms with E-state index in [1.54, 1.807) is 29.1 Å². The van der Waals surface area contributed by atoms with Crippen molar-refractivity contribution in [1.29, 1.82) is 0 Å². The van der Waals surface area contributed by atoms with Crippen molar-refractivity contribution < 1.29 is 0 Å². The molecule has 0 aliphatic carbocycles. The zero-order valence-corrected chi connectivity index (χ0v) is 13.5. The van der Waals surface area contributed by atoms with Gasteiger partial charge in [-0.2, -0.15) is 0 Å². The number of pyridine rings is 2. The number of benzene rings is 2. The zero-order chi connectivity index (χ0) is 17.1. The third kappa shape index (κ3) is 3.12. The van der Waals surface area contributed by atoms with Crippen molar-refractivity contribution >= 4 is 0 Å². The lowest BCUT2D eigenvalue weighted by atomic mass is 10.00. The fourth-order valence-corrected chi connectivity index (χ4v) is 2.87. The third-order valence-corrected chi connectivity index (χ3v) is 4.09. The first-order chi connectivity index (χ1) is 12.3. The van der Waals surface area contributed by atoms with Crippen LogP contribution in [-0.2, 0) is 0 Å². The van der Waals surface area contributed by atoms with Crippen LogP contribution in [0.25, 0.3) is 28.1 Å². The molecule has 2 aromatic carbocycles. The van der Waals surface area contributed by atoms with Gasteiger partial charge in [0.1, 0.15) is 0 Å². The van der Waals surface area contributed by atoms with Gasteiger partial charge in [-0.05, 0) is 47.5 Å². The molecule has 0 bridgehead atoms. The normalized spacial score (nSPS) is 10.6. The highest BCUT2D eigenvalue weighted by molar-refractivity contribution is 5.74. The van der Waals surface area contributed by atoms with Gasteiger partial charge in [0.05, 0.1) is 5.69 Å². The van der Waals surface area contributed by atoms with Crippen molar-refractivity contribution in [2.75, 3.05) is 0 Å². The Hall–Kier alpha value is -3.46. The van der Waals surface area contributed by atoms with Crippen molar-refractivity contribution in [2.45, 2.75) is 0 Å². The van der Waals surface area contributed by atoms with Crippen LogP contribution in [0.5, 0.6) is 0 Å². The van der Waals surface area contributed by atoms with Crippen molar-refractivity contribution in [3.8, 4) is 28.1 Å². The molecule has 4 aromatic rings. The molecule has 0 aliphatic heterocycles. The van der Waals surface area contributed by atoms with Crippen molar-refractivity contribution in [2.24, 2.45) is 0 Å². The summed E-state index contributed by atoms with van der Waals surface area (Å²) >= 11 is 0. The highest BCUT2D eigenvalue weighted by atomic mass is 16.1. The topological polar surface area (TPSA) is 34.9 Å². The predicted octanol–water partition coefficient (Wildman–Crippen LogP) is 4.57. The molecular formula is C22H16N2O. The molecule has 2 aromatic heterocycles. The van der Waals surface area contributed by atoms with E-state index in [9.17, 15) is 4.79 Å². The van der Waals surface area contributed by atoms with Gasteiger partial charge in [-0.15, -0.1) is 0 Å². The van der Waals surface area contributed by atoms with E-state index in [1.165, 1.54) is 0 Å². The monoisotopic (exact) mass is 324 g/mol. The molecule has 25 heavy (non-hydrogen) atoms. The summed E-state index contributed by atoms with van der Waals surface area (Å²) in [4.78, 5) is 16.7. The minimum Gasteiger partial charge on any atom is -0.284 e. The van der Waals surface area contributed by atoms with Gasteiger partial charge in [0.15, 0.2) is 0 Å². The first-order valence-electron chi connectivity index (χ1n) is 8.11. The second-order valence-electron chi connectivity index (χ2n) is 5.76. The second-order valence-corrected chi connectivity index (χ2v) is 5.76. The second kappa shape index (κ2) is 6.57. The van der Waals surface area contributed by atoms with E-state index in [0.29, 0.717) is 0 Å². The van der Waals surface area contributed by atoms with Crippen molar-refractivity contribution in [1.82, 2.24) is 9.55 Å². The minimum absolute atomic E-state index is 0.0558. The van der Waals surface area contributed by atoms with Crippen LogP contribution in [0.2, 0.25) is 0 Å². The number of nitrogens with zero attached hydrogens (tertiary/aromatic N) is 2. The van der Waals surface area contributed by atoms with Gasteiger partial charge in [-0.1, -0.05) is 42.5 Å². The van der Waals surface area contributed by atoms with E-state index < -0.39 is 0 Å². The van der Waals surface area contributed by atoms with Crippen LogP contribution in [0.4, 0.5) is 0 Å². The van der Waals surface area contributed by atoms with Crippen molar-refractivity contribution in [3.63, 3.8) is 0 Å². The molecule has 0 saturated heterocycles. The Kier molecular flexibility index (Phi) is 3.97. The summed E-state index contributed by atoms with van der Waals surface area (Å²) in [6.45, 7) is 0. The maximum atomic E-state index is 12.3. The molecule has 120 valence electrons. The number of hydrogen-bond donors (Lipinski definition) is 0. The minimum atomic E-state index is -0.0558. The first kappa shape index (κ1) is 15.1. The van der Waals surface area contributed by atoms with Gasteiger partial charge < -0.3 is 0 Å². The Morgan fingerprint density at radius 1 is 0.680 bits per heavy atom. The lowest BCUT2D eigenvalue weighted by Gasteiger charge is -2.12. The Morgan fingerprint density at radius 2 is 1.44 bits per heavy atom. The lowest BCUT2D eigenvalue weighted by molar-refractivity contribution is 0.991. The fraction of sp³-hybridized carbons (Fsp3) is 0. The van der Waals surface area contributed by atoms with E-state index in [-0.39, 0.29) is 5.56 Å². The molecule has 2 heterocycles. The highest BCUT2D eigenvalue weighted by Gasteiger charge is 2.08. The average molecular weight is 324 g/mol. The summed E-state index contributed by atoms with van der Waals surface area (Å²) in [5, 5.41) is 0. The number of aromatic nitrogens is 2. The summed E-state index contributed by atoms with van der Waals surface area (Å²) in [6, 6.07) is 27.3. The van der Waals surface area contributed by atoms with Crippen LogP contribution >= 0.6 is 0 Å². The van der Waals surface area contributed by atoms with E-state index >= 15 is 0 Å². The van der Waals surface area contributed by atoms with Crippen LogP contribution in [0.3, 0.4) is 0 Å². The molecule has 0 unspecified atom stereocenters. The first-order valence-corrected chi connectivity index (χ1v) is 8.11. The van der Waals surface area contributed by atoms with Crippen LogP contribution in [0, 0.1) is 0 Å². The van der Waals surface area contributed by atoms with E-state index in [0.717, 1.165) is 28.1 Å². The number of hydrogen-bond acceptors (Lipinski definition) is 2. The molecular weight excluding hydrogens is 308 g/mol. The summed E-state index contributed by atoms with van der Waals surface area (Å²) in [5.41, 5.74) is 4.78. The third-order valence-electron chi connectivity index (χ3n) is 4.09. The molecule has 4 rings (SSSR count). The van der Waals surface area contributed by atoms with Gasteiger partial charge in [0.25, 0.3) is 5.56 Å². The molecule has 0 N–H and O–H groups in total. The molecule has 0 amide bonds. The van der Waals surface area contributed by atoms with Gasteiger partial charge in [-0.25, -0.2) is 0 Å². The quantitative estimate of drug-likeness (QED) is 0.553. The smallest absolute Gasteiger partial charge is 0.255 e. The van der Waals surface area contributed by atoms with E-state index in [1.807, 2.05) is 54.6 Å². The Labute approximate surface area is 145 Å². The van der Waals surface area contributed by atoms with Crippen molar-refractivity contribution in [3.05, 3.63) is 108 Å².